The molecule has 0 saturated heterocycles. The predicted molar refractivity (Wildman–Crippen MR) is 145 cm³/mol. The highest BCUT2D eigenvalue weighted by Gasteiger charge is 2.34. The summed E-state index contributed by atoms with van der Waals surface area (Å²) in [5, 5.41) is 1.94. The standard InChI is InChI=1S/C28H22N2OS3/c31-26-23-21-16-22(19-12-6-2-7-13-19)33-24(20-14-8-3-9-15-20)25(21)34-27(23)30-28(29-26)32-17-18-10-4-1-5-11-18/h1-15,22,24H,16-17H2,(H,29,30,31). The first-order valence-electron chi connectivity index (χ1n) is 11.2. The van der Waals surface area contributed by atoms with Gasteiger partial charge in [0.15, 0.2) is 5.16 Å². The number of fused-ring (bicyclic) bond motifs is 3. The van der Waals surface area contributed by atoms with E-state index >= 15 is 0 Å². The molecule has 0 bridgehead atoms. The Labute approximate surface area is 210 Å². The number of rotatable bonds is 5. The van der Waals surface area contributed by atoms with Crippen LogP contribution < -0.4 is 5.56 Å². The lowest BCUT2D eigenvalue weighted by molar-refractivity contribution is 0.890. The molecule has 3 nitrogen and oxygen atoms in total. The largest absolute Gasteiger partial charge is 0.301 e. The van der Waals surface area contributed by atoms with Gasteiger partial charge in [0.2, 0.25) is 0 Å². The molecule has 0 fully saturated rings. The molecule has 0 amide bonds. The third-order valence-electron chi connectivity index (χ3n) is 6.09. The van der Waals surface area contributed by atoms with Gasteiger partial charge in [-0.1, -0.05) is 103 Å². The third-order valence-corrected chi connectivity index (χ3v) is 9.92. The van der Waals surface area contributed by atoms with Crippen molar-refractivity contribution in [1.29, 1.82) is 0 Å². The number of H-pyrrole nitrogens is 1. The number of hydrogen-bond acceptors (Lipinski definition) is 5. The summed E-state index contributed by atoms with van der Waals surface area (Å²) in [6.07, 6.45) is 0.842. The molecule has 0 saturated carbocycles. The van der Waals surface area contributed by atoms with Gasteiger partial charge >= 0.3 is 0 Å². The molecule has 3 aromatic carbocycles. The molecule has 168 valence electrons. The van der Waals surface area contributed by atoms with Gasteiger partial charge in [-0.05, 0) is 28.7 Å². The van der Waals surface area contributed by atoms with Gasteiger partial charge in [-0.15, -0.1) is 23.1 Å². The maximum absolute atomic E-state index is 13.3. The molecule has 1 aliphatic heterocycles. The van der Waals surface area contributed by atoms with Crippen molar-refractivity contribution in [2.75, 3.05) is 0 Å². The van der Waals surface area contributed by atoms with E-state index in [-0.39, 0.29) is 10.8 Å². The van der Waals surface area contributed by atoms with Crippen LogP contribution in [0.15, 0.2) is 101 Å². The first-order chi connectivity index (χ1) is 16.8. The van der Waals surface area contributed by atoms with Gasteiger partial charge in [0.05, 0.1) is 10.6 Å². The Morgan fingerprint density at radius 1 is 0.882 bits per heavy atom. The van der Waals surface area contributed by atoms with E-state index < -0.39 is 0 Å². The lowest BCUT2D eigenvalue weighted by Gasteiger charge is -2.29. The summed E-state index contributed by atoms with van der Waals surface area (Å²) >= 11 is 5.24. The van der Waals surface area contributed by atoms with E-state index in [4.69, 9.17) is 4.98 Å². The van der Waals surface area contributed by atoms with Crippen LogP contribution in [-0.4, -0.2) is 9.97 Å². The molecule has 2 unspecified atom stereocenters. The number of thioether (sulfide) groups is 2. The van der Waals surface area contributed by atoms with Crippen molar-refractivity contribution < 1.29 is 0 Å². The van der Waals surface area contributed by atoms with Crippen molar-refractivity contribution in [3.05, 3.63) is 128 Å². The Morgan fingerprint density at radius 2 is 1.53 bits per heavy atom. The molecule has 6 rings (SSSR count). The van der Waals surface area contributed by atoms with E-state index in [9.17, 15) is 4.79 Å². The number of hydrogen-bond donors (Lipinski definition) is 1. The van der Waals surface area contributed by atoms with Crippen molar-refractivity contribution in [1.82, 2.24) is 9.97 Å². The average molecular weight is 499 g/mol. The SMILES string of the molecule is O=c1[nH]c(SCc2ccccc2)nc2sc3c(c12)CC(c1ccccc1)SC3c1ccccc1. The molecule has 34 heavy (non-hydrogen) atoms. The van der Waals surface area contributed by atoms with Crippen LogP contribution in [0.5, 0.6) is 0 Å². The molecule has 2 atom stereocenters. The van der Waals surface area contributed by atoms with Crippen LogP contribution in [0.2, 0.25) is 0 Å². The van der Waals surface area contributed by atoms with Crippen LogP contribution in [0.25, 0.3) is 10.2 Å². The van der Waals surface area contributed by atoms with E-state index in [1.54, 1.807) is 23.1 Å². The van der Waals surface area contributed by atoms with E-state index in [2.05, 4.69) is 77.8 Å². The predicted octanol–water partition coefficient (Wildman–Crippen LogP) is 7.40. The number of benzene rings is 3. The minimum Gasteiger partial charge on any atom is -0.301 e. The molecule has 0 radical (unpaired) electrons. The lowest BCUT2D eigenvalue weighted by Crippen LogP contribution is -2.15. The summed E-state index contributed by atoms with van der Waals surface area (Å²) in [7, 11) is 0. The highest BCUT2D eigenvalue weighted by molar-refractivity contribution is 8.00. The lowest BCUT2D eigenvalue weighted by atomic mass is 9.98. The van der Waals surface area contributed by atoms with Crippen LogP contribution in [0.1, 0.15) is 37.6 Å². The molecule has 0 spiro atoms. The van der Waals surface area contributed by atoms with Gasteiger partial charge in [-0.2, -0.15) is 0 Å². The Hall–Kier alpha value is -2.80. The second kappa shape index (κ2) is 9.45. The molecule has 2 aromatic heterocycles. The highest BCUT2D eigenvalue weighted by Crippen LogP contribution is 2.54. The third kappa shape index (κ3) is 4.22. The van der Waals surface area contributed by atoms with Gasteiger partial charge in [-0.3, -0.25) is 4.79 Å². The quantitative estimate of drug-likeness (QED) is 0.203. The van der Waals surface area contributed by atoms with E-state index in [1.807, 2.05) is 30.0 Å². The number of thiophene rings is 1. The minimum atomic E-state index is -0.0245. The summed E-state index contributed by atoms with van der Waals surface area (Å²) in [5.74, 6) is 0.777. The van der Waals surface area contributed by atoms with Crippen molar-refractivity contribution in [2.45, 2.75) is 27.8 Å². The van der Waals surface area contributed by atoms with Gasteiger partial charge in [-0.25, -0.2) is 4.98 Å². The van der Waals surface area contributed by atoms with Crippen LogP contribution in [-0.2, 0) is 12.2 Å². The Kier molecular flexibility index (Phi) is 6.04. The van der Waals surface area contributed by atoms with Crippen molar-refractivity contribution in [2.24, 2.45) is 0 Å². The van der Waals surface area contributed by atoms with E-state index in [0.29, 0.717) is 10.4 Å². The zero-order valence-corrected chi connectivity index (χ0v) is 20.8. The Bertz CT molecular complexity index is 1480. The summed E-state index contributed by atoms with van der Waals surface area (Å²) in [4.78, 5) is 23.4. The Morgan fingerprint density at radius 3 is 2.24 bits per heavy atom. The molecule has 1 aliphatic rings. The van der Waals surface area contributed by atoms with E-state index in [1.165, 1.54) is 21.6 Å². The van der Waals surface area contributed by atoms with Crippen LogP contribution >= 0.6 is 34.9 Å². The van der Waals surface area contributed by atoms with Crippen LogP contribution in [0.3, 0.4) is 0 Å². The van der Waals surface area contributed by atoms with Crippen LogP contribution in [0, 0.1) is 0 Å². The Balaban J connectivity index is 1.42. The summed E-state index contributed by atoms with van der Waals surface area (Å²) in [6.45, 7) is 0. The second-order valence-corrected chi connectivity index (χ2v) is 11.6. The molecule has 6 heteroatoms. The average Bonchev–Trinajstić information content (AvgIpc) is 3.27. The number of nitrogens with zero attached hydrogens (tertiary/aromatic N) is 1. The fourth-order valence-corrected chi connectivity index (χ4v) is 8.34. The molecule has 1 N–H and O–H groups in total. The fraction of sp³-hybridized carbons (Fsp3) is 0.143. The highest BCUT2D eigenvalue weighted by atomic mass is 32.2. The van der Waals surface area contributed by atoms with Gasteiger partial charge in [0.1, 0.15) is 4.83 Å². The number of aromatic amines is 1. The van der Waals surface area contributed by atoms with Crippen molar-refractivity contribution in [3.63, 3.8) is 0 Å². The minimum absolute atomic E-state index is 0.0245. The monoisotopic (exact) mass is 498 g/mol. The molecule has 0 aliphatic carbocycles. The van der Waals surface area contributed by atoms with Crippen LogP contribution in [0.4, 0.5) is 0 Å². The zero-order valence-electron chi connectivity index (χ0n) is 18.3. The van der Waals surface area contributed by atoms with Crippen molar-refractivity contribution in [3.8, 4) is 0 Å². The fourth-order valence-electron chi connectivity index (χ4n) is 4.45. The molecular formula is C28H22N2OS3. The summed E-state index contributed by atoms with van der Waals surface area (Å²) in [6, 6.07) is 31.5. The number of nitrogens with one attached hydrogen (secondary N) is 1. The smallest absolute Gasteiger partial charge is 0.260 e. The maximum Gasteiger partial charge on any atom is 0.260 e. The molecule has 5 aromatic rings. The molecular weight excluding hydrogens is 477 g/mol. The van der Waals surface area contributed by atoms with Crippen molar-refractivity contribution >= 4 is 45.1 Å². The topological polar surface area (TPSA) is 45.8 Å². The van der Waals surface area contributed by atoms with Gasteiger partial charge in [0.25, 0.3) is 5.56 Å². The second-order valence-electron chi connectivity index (χ2n) is 8.30. The molecule has 3 heterocycles. The number of aromatic nitrogens is 2. The normalized spacial score (nSPS) is 17.5. The summed E-state index contributed by atoms with van der Waals surface area (Å²) < 4.78 is 0. The van der Waals surface area contributed by atoms with Gasteiger partial charge < -0.3 is 4.98 Å². The first-order valence-corrected chi connectivity index (χ1v) is 14.0. The maximum atomic E-state index is 13.3. The van der Waals surface area contributed by atoms with Gasteiger partial charge in [0, 0.05) is 15.9 Å². The first kappa shape index (κ1) is 21.7. The summed E-state index contributed by atoms with van der Waals surface area (Å²) in [5.41, 5.74) is 4.93. The van der Waals surface area contributed by atoms with E-state index in [0.717, 1.165) is 28.0 Å². The zero-order chi connectivity index (χ0) is 22.9.